The van der Waals surface area contributed by atoms with Gasteiger partial charge in [0.1, 0.15) is 0 Å². The van der Waals surface area contributed by atoms with Crippen molar-refractivity contribution in [2.75, 3.05) is 36.5 Å². The van der Waals surface area contributed by atoms with E-state index < -0.39 is 27.1 Å². The lowest BCUT2D eigenvalue weighted by Crippen LogP contribution is -2.36. The van der Waals surface area contributed by atoms with E-state index in [4.69, 9.17) is 4.74 Å². The standard InChI is InChI=1S/C17H16N4O6/c22-17(12-9-13(20(23)24)11-14(10-12)21(25)26)18-15-3-1-2-4-16(15)19-5-7-27-8-6-19/h1-4,9-11H,5-8H2,(H,18,22). The highest BCUT2D eigenvalue weighted by molar-refractivity contribution is 6.06. The molecule has 10 heteroatoms. The molecule has 1 aliphatic heterocycles. The Labute approximate surface area is 153 Å². The zero-order valence-electron chi connectivity index (χ0n) is 14.2. The van der Waals surface area contributed by atoms with Crippen molar-refractivity contribution < 1.29 is 19.4 Å². The summed E-state index contributed by atoms with van der Waals surface area (Å²) in [7, 11) is 0. The van der Waals surface area contributed by atoms with Gasteiger partial charge in [-0.25, -0.2) is 0 Å². The molecule has 0 unspecified atom stereocenters. The molecule has 1 amide bonds. The van der Waals surface area contributed by atoms with E-state index in [0.717, 1.165) is 23.9 Å². The molecule has 1 saturated heterocycles. The Morgan fingerprint density at radius 1 is 1.00 bits per heavy atom. The van der Waals surface area contributed by atoms with Gasteiger partial charge in [-0.3, -0.25) is 25.0 Å². The maximum Gasteiger partial charge on any atom is 0.277 e. The van der Waals surface area contributed by atoms with Crippen molar-refractivity contribution >= 4 is 28.7 Å². The maximum absolute atomic E-state index is 12.6. The number of nitrogens with one attached hydrogen (secondary N) is 1. The van der Waals surface area contributed by atoms with Crippen LogP contribution in [0.3, 0.4) is 0 Å². The van der Waals surface area contributed by atoms with Gasteiger partial charge in [0.2, 0.25) is 0 Å². The minimum Gasteiger partial charge on any atom is -0.378 e. The lowest BCUT2D eigenvalue weighted by molar-refractivity contribution is -0.394. The second kappa shape index (κ2) is 7.79. The van der Waals surface area contributed by atoms with E-state index in [1.165, 1.54) is 0 Å². The van der Waals surface area contributed by atoms with Crippen LogP contribution >= 0.6 is 0 Å². The third kappa shape index (κ3) is 4.18. The molecular weight excluding hydrogens is 356 g/mol. The number of nitrogens with zero attached hydrogens (tertiary/aromatic N) is 3. The summed E-state index contributed by atoms with van der Waals surface area (Å²) >= 11 is 0. The van der Waals surface area contributed by atoms with Gasteiger partial charge in [0.25, 0.3) is 17.3 Å². The summed E-state index contributed by atoms with van der Waals surface area (Å²) in [6, 6.07) is 9.97. The van der Waals surface area contributed by atoms with Crippen molar-refractivity contribution in [3.8, 4) is 0 Å². The van der Waals surface area contributed by atoms with Gasteiger partial charge in [-0.1, -0.05) is 12.1 Å². The van der Waals surface area contributed by atoms with E-state index in [1.807, 2.05) is 12.1 Å². The third-order valence-electron chi connectivity index (χ3n) is 4.09. The lowest BCUT2D eigenvalue weighted by atomic mass is 10.1. The number of hydrogen-bond donors (Lipinski definition) is 1. The van der Waals surface area contributed by atoms with Gasteiger partial charge < -0.3 is 15.0 Å². The van der Waals surface area contributed by atoms with Crippen LogP contribution in [0.15, 0.2) is 42.5 Å². The molecule has 2 aromatic rings. The molecule has 0 atom stereocenters. The van der Waals surface area contributed by atoms with E-state index in [1.54, 1.807) is 12.1 Å². The molecule has 1 aliphatic rings. The number of nitro benzene ring substituents is 2. The predicted octanol–water partition coefficient (Wildman–Crippen LogP) is 2.59. The fourth-order valence-corrected chi connectivity index (χ4v) is 2.79. The number of morpholine rings is 1. The first kappa shape index (κ1) is 18.3. The molecule has 0 aliphatic carbocycles. The summed E-state index contributed by atoms with van der Waals surface area (Å²) in [6.45, 7) is 2.46. The number of carbonyl (C=O) groups is 1. The van der Waals surface area contributed by atoms with Gasteiger partial charge in [0.05, 0.1) is 46.1 Å². The molecule has 0 aromatic heterocycles. The summed E-state index contributed by atoms with van der Waals surface area (Å²) in [5.41, 5.74) is 0.104. The Bertz CT molecular complexity index is 862. The number of amides is 1. The summed E-state index contributed by atoms with van der Waals surface area (Å²) in [5.74, 6) is -0.664. The first-order valence-electron chi connectivity index (χ1n) is 8.12. The Kier molecular flexibility index (Phi) is 5.27. The molecule has 1 heterocycles. The largest absolute Gasteiger partial charge is 0.378 e. The maximum atomic E-state index is 12.6. The summed E-state index contributed by atoms with van der Waals surface area (Å²) in [4.78, 5) is 35.1. The lowest BCUT2D eigenvalue weighted by Gasteiger charge is -2.30. The number of rotatable bonds is 5. The molecule has 1 N–H and O–H groups in total. The van der Waals surface area contributed by atoms with Crippen LogP contribution in [0.1, 0.15) is 10.4 Å². The molecule has 140 valence electrons. The fourth-order valence-electron chi connectivity index (χ4n) is 2.79. The normalized spacial score (nSPS) is 13.9. The van der Waals surface area contributed by atoms with Gasteiger partial charge in [0, 0.05) is 25.2 Å². The SMILES string of the molecule is O=C(Nc1ccccc1N1CCOCC1)c1cc([N+](=O)[O-])cc([N+](=O)[O-])c1. The number of carbonyl (C=O) groups excluding carboxylic acids is 1. The highest BCUT2D eigenvalue weighted by atomic mass is 16.6. The molecule has 27 heavy (non-hydrogen) atoms. The summed E-state index contributed by atoms with van der Waals surface area (Å²) in [5, 5.41) is 24.7. The predicted molar refractivity (Wildman–Crippen MR) is 97.2 cm³/mol. The Morgan fingerprint density at radius 3 is 2.19 bits per heavy atom. The molecule has 0 radical (unpaired) electrons. The number of benzene rings is 2. The first-order chi connectivity index (χ1) is 13.0. The molecule has 0 spiro atoms. The van der Waals surface area contributed by atoms with Crippen LogP contribution in [0.5, 0.6) is 0 Å². The van der Waals surface area contributed by atoms with Crippen molar-refractivity contribution in [2.24, 2.45) is 0 Å². The first-order valence-corrected chi connectivity index (χ1v) is 8.12. The number of non-ortho nitro benzene ring substituents is 2. The number of hydrogen-bond acceptors (Lipinski definition) is 7. The van der Waals surface area contributed by atoms with Crippen molar-refractivity contribution in [1.29, 1.82) is 0 Å². The highest BCUT2D eigenvalue weighted by Crippen LogP contribution is 2.28. The van der Waals surface area contributed by atoms with Gasteiger partial charge in [-0.15, -0.1) is 0 Å². The van der Waals surface area contributed by atoms with E-state index in [-0.39, 0.29) is 5.56 Å². The van der Waals surface area contributed by atoms with Gasteiger partial charge >= 0.3 is 0 Å². The molecule has 0 bridgehead atoms. The smallest absolute Gasteiger partial charge is 0.277 e. The van der Waals surface area contributed by atoms with Crippen LogP contribution in [-0.4, -0.2) is 42.1 Å². The Balaban J connectivity index is 1.90. The highest BCUT2D eigenvalue weighted by Gasteiger charge is 2.21. The number of nitro groups is 2. The minimum absolute atomic E-state index is 0.160. The second-order valence-corrected chi connectivity index (χ2v) is 5.82. The zero-order chi connectivity index (χ0) is 19.4. The second-order valence-electron chi connectivity index (χ2n) is 5.82. The van der Waals surface area contributed by atoms with Crippen LogP contribution < -0.4 is 10.2 Å². The van der Waals surface area contributed by atoms with Gasteiger partial charge in [0.15, 0.2) is 0 Å². The molecule has 0 saturated carbocycles. The Morgan fingerprint density at radius 2 is 1.59 bits per heavy atom. The molecule has 2 aromatic carbocycles. The van der Waals surface area contributed by atoms with Gasteiger partial charge in [-0.05, 0) is 12.1 Å². The van der Waals surface area contributed by atoms with Crippen molar-refractivity contribution in [2.45, 2.75) is 0 Å². The fraction of sp³-hybridized carbons (Fsp3) is 0.235. The quantitative estimate of drug-likeness (QED) is 0.631. The minimum atomic E-state index is -0.772. The summed E-state index contributed by atoms with van der Waals surface area (Å²) in [6.07, 6.45) is 0. The van der Waals surface area contributed by atoms with Crippen LogP contribution in [0.4, 0.5) is 22.7 Å². The van der Waals surface area contributed by atoms with Crippen LogP contribution in [0.2, 0.25) is 0 Å². The zero-order valence-corrected chi connectivity index (χ0v) is 14.2. The number of para-hydroxylation sites is 2. The van der Waals surface area contributed by atoms with Crippen molar-refractivity contribution in [3.63, 3.8) is 0 Å². The molecule has 3 rings (SSSR count). The Hall–Kier alpha value is -3.53. The molecule has 1 fully saturated rings. The third-order valence-corrected chi connectivity index (χ3v) is 4.09. The molecular formula is C17H16N4O6. The van der Waals surface area contributed by atoms with Crippen LogP contribution in [0, 0.1) is 20.2 Å². The van der Waals surface area contributed by atoms with Crippen LogP contribution in [-0.2, 0) is 4.74 Å². The number of ether oxygens (including phenoxy) is 1. The topological polar surface area (TPSA) is 128 Å². The van der Waals surface area contributed by atoms with E-state index in [2.05, 4.69) is 10.2 Å². The number of anilines is 2. The van der Waals surface area contributed by atoms with E-state index in [9.17, 15) is 25.0 Å². The van der Waals surface area contributed by atoms with Gasteiger partial charge in [-0.2, -0.15) is 0 Å². The molecule has 10 nitrogen and oxygen atoms in total. The summed E-state index contributed by atoms with van der Waals surface area (Å²) < 4.78 is 5.33. The average molecular weight is 372 g/mol. The van der Waals surface area contributed by atoms with Crippen molar-refractivity contribution in [3.05, 3.63) is 68.3 Å². The average Bonchev–Trinajstić information content (AvgIpc) is 2.68. The monoisotopic (exact) mass is 372 g/mol. The van der Waals surface area contributed by atoms with Crippen molar-refractivity contribution in [1.82, 2.24) is 0 Å². The van der Waals surface area contributed by atoms with E-state index in [0.29, 0.717) is 32.0 Å². The van der Waals surface area contributed by atoms with Crippen LogP contribution in [0.25, 0.3) is 0 Å². The van der Waals surface area contributed by atoms with E-state index >= 15 is 0 Å².